The molecule has 0 aliphatic heterocycles. The fourth-order valence-corrected chi connectivity index (χ4v) is 2.50. The number of nitrogens with one attached hydrogen (secondary N) is 1. The molecular weight excluding hydrogens is 280 g/mol. The van der Waals surface area contributed by atoms with Crippen LogP contribution in [0.5, 0.6) is 0 Å². The molecule has 1 atom stereocenters. The lowest BCUT2D eigenvalue weighted by Gasteiger charge is -2.19. The molecule has 0 radical (unpaired) electrons. The van der Waals surface area contributed by atoms with E-state index in [0.29, 0.717) is 6.42 Å². The summed E-state index contributed by atoms with van der Waals surface area (Å²) in [6.07, 6.45) is 0.656. The van der Waals surface area contributed by atoms with E-state index in [1.165, 1.54) is 18.2 Å². The molecule has 0 aliphatic carbocycles. The van der Waals surface area contributed by atoms with Crippen LogP contribution in [0.2, 0.25) is 5.02 Å². The summed E-state index contributed by atoms with van der Waals surface area (Å²) in [6.45, 7) is 1.88. The molecule has 0 saturated heterocycles. The number of benzene rings is 2. The van der Waals surface area contributed by atoms with Crippen LogP contribution in [0.15, 0.2) is 36.4 Å². The van der Waals surface area contributed by atoms with Crippen LogP contribution < -0.4 is 5.32 Å². The summed E-state index contributed by atoms with van der Waals surface area (Å²) < 4.78 is 26.3. The topological polar surface area (TPSA) is 12.0 Å². The Morgan fingerprint density at radius 2 is 1.90 bits per heavy atom. The van der Waals surface area contributed by atoms with E-state index in [0.717, 1.165) is 16.7 Å². The Bertz CT molecular complexity index is 613. The predicted octanol–water partition coefficient (Wildman–Crippen LogP) is 4.43. The van der Waals surface area contributed by atoms with Gasteiger partial charge in [0.05, 0.1) is 5.02 Å². The first-order chi connectivity index (χ1) is 9.51. The second-order valence-electron chi connectivity index (χ2n) is 4.79. The van der Waals surface area contributed by atoms with E-state index in [-0.39, 0.29) is 16.9 Å². The van der Waals surface area contributed by atoms with Gasteiger partial charge in [0.1, 0.15) is 11.6 Å². The summed E-state index contributed by atoms with van der Waals surface area (Å²) >= 11 is 5.79. The van der Waals surface area contributed by atoms with Gasteiger partial charge in [-0.15, -0.1) is 0 Å². The van der Waals surface area contributed by atoms with Gasteiger partial charge in [-0.05, 0) is 61.3 Å². The highest BCUT2D eigenvalue weighted by molar-refractivity contribution is 6.30. The maximum atomic E-state index is 13.2. The first-order valence-electron chi connectivity index (χ1n) is 6.38. The Morgan fingerprint density at radius 3 is 2.50 bits per heavy atom. The molecule has 1 N–H and O–H groups in total. The molecule has 0 bridgehead atoms. The normalized spacial score (nSPS) is 12.4. The first kappa shape index (κ1) is 14.9. The Kier molecular flexibility index (Phi) is 4.73. The first-order valence-corrected chi connectivity index (χ1v) is 6.76. The van der Waals surface area contributed by atoms with Gasteiger partial charge in [0.25, 0.3) is 0 Å². The number of hydrogen-bond donors (Lipinski definition) is 1. The minimum absolute atomic E-state index is 0.0251. The van der Waals surface area contributed by atoms with Crippen LogP contribution in [0.25, 0.3) is 0 Å². The highest BCUT2D eigenvalue weighted by atomic mass is 35.5. The van der Waals surface area contributed by atoms with Crippen LogP contribution in [0.4, 0.5) is 8.78 Å². The van der Waals surface area contributed by atoms with E-state index < -0.39 is 5.82 Å². The zero-order valence-corrected chi connectivity index (χ0v) is 12.1. The molecule has 2 aromatic rings. The molecular formula is C16H16ClF2N. The van der Waals surface area contributed by atoms with Crippen molar-refractivity contribution in [3.63, 3.8) is 0 Å². The smallest absolute Gasteiger partial charge is 0.141 e. The van der Waals surface area contributed by atoms with Crippen LogP contribution in [0.1, 0.15) is 22.7 Å². The van der Waals surface area contributed by atoms with Gasteiger partial charge < -0.3 is 5.32 Å². The minimum atomic E-state index is -0.422. The lowest BCUT2D eigenvalue weighted by Crippen LogP contribution is -2.20. The Morgan fingerprint density at radius 1 is 1.15 bits per heavy atom. The summed E-state index contributed by atoms with van der Waals surface area (Å²) in [4.78, 5) is 0. The predicted molar refractivity (Wildman–Crippen MR) is 78.1 cm³/mol. The zero-order chi connectivity index (χ0) is 14.7. The third-order valence-electron chi connectivity index (χ3n) is 3.38. The van der Waals surface area contributed by atoms with Crippen LogP contribution in [-0.4, -0.2) is 7.05 Å². The lowest BCUT2D eigenvalue weighted by atomic mass is 9.95. The van der Waals surface area contributed by atoms with E-state index in [1.807, 2.05) is 14.0 Å². The number of likely N-dealkylation sites (N-methyl/N-ethyl adjacent to an activating group) is 1. The van der Waals surface area contributed by atoms with Gasteiger partial charge in [-0.25, -0.2) is 8.78 Å². The van der Waals surface area contributed by atoms with E-state index in [1.54, 1.807) is 18.2 Å². The average molecular weight is 296 g/mol. The number of halogens is 3. The van der Waals surface area contributed by atoms with Crippen LogP contribution in [0.3, 0.4) is 0 Å². The fraction of sp³-hybridized carbons (Fsp3) is 0.250. The number of hydrogen-bond acceptors (Lipinski definition) is 1. The van der Waals surface area contributed by atoms with E-state index >= 15 is 0 Å². The van der Waals surface area contributed by atoms with E-state index in [2.05, 4.69) is 5.32 Å². The SMILES string of the molecule is CNC(Cc1ccc(F)c(Cl)c1)c1ccc(F)cc1C. The molecule has 0 spiro atoms. The summed E-state index contributed by atoms with van der Waals surface area (Å²) in [5.74, 6) is -0.666. The highest BCUT2D eigenvalue weighted by Crippen LogP contribution is 2.24. The van der Waals surface area contributed by atoms with Crippen molar-refractivity contribution in [1.82, 2.24) is 5.32 Å². The van der Waals surface area contributed by atoms with Crippen molar-refractivity contribution in [2.75, 3.05) is 7.05 Å². The van der Waals surface area contributed by atoms with Gasteiger partial charge in [-0.2, -0.15) is 0 Å². The molecule has 4 heteroatoms. The number of aryl methyl sites for hydroxylation is 1. The lowest BCUT2D eigenvalue weighted by molar-refractivity contribution is 0.580. The van der Waals surface area contributed by atoms with Crippen molar-refractivity contribution >= 4 is 11.6 Å². The van der Waals surface area contributed by atoms with Gasteiger partial charge in [-0.3, -0.25) is 0 Å². The average Bonchev–Trinajstić information content (AvgIpc) is 2.41. The highest BCUT2D eigenvalue weighted by Gasteiger charge is 2.14. The fourth-order valence-electron chi connectivity index (χ4n) is 2.30. The van der Waals surface area contributed by atoms with E-state index in [4.69, 9.17) is 11.6 Å². The van der Waals surface area contributed by atoms with Crippen molar-refractivity contribution in [2.45, 2.75) is 19.4 Å². The van der Waals surface area contributed by atoms with Gasteiger partial charge in [0.15, 0.2) is 0 Å². The second-order valence-corrected chi connectivity index (χ2v) is 5.20. The maximum Gasteiger partial charge on any atom is 0.141 e. The summed E-state index contributed by atoms with van der Waals surface area (Å²) in [5.41, 5.74) is 2.84. The molecule has 20 heavy (non-hydrogen) atoms. The molecule has 1 unspecified atom stereocenters. The molecule has 2 rings (SSSR count). The largest absolute Gasteiger partial charge is 0.313 e. The zero-order valence-electron chi connectivity index (χ0n) is 11.4. The Labute approximate surface area is 122 Å². The quantitative estimate of drug-likeness (QED) is 0.880. The van der Waals surface area contributed by atoms with Crippen molar-refractivity contribution in [3.05, 3.63) is 69.7 Å². The molecule has 2 aromatic carbocycles. The summed E-state index contributed by atoms with van der Waals surface area (Å²) in [5, 5.41) is 3.32. The minimum Gasteiger partial charge on any atom is -0.313 e. The van der Waals surface area contributed by atoms with E-state index in [9.17, 15) is 8.78 Å². The number of rotatable bonds is 4. The van der Waals surface area contributed by atoms with Gasteiger partial charge in [0.2, 0.25) is 0 Å². The van der Waals surface area contributed by atoms with Crippen molar-refractivity contribution < 1.29 is 8.78 Å². The van der Waals surface area contributed by atoms with Crippen molar-refractivity contribution in [1.29, 1.82) is 0 Å². The molecule has 0 amide bonds. The summed E-state index contributed by atoms with van der Waals surface area (Å²) in [7, 11) is 1.85. The van der Waals surface area contributed by atoms with Crippen LogP contribution >= 0.6 is 11.6 Å². The standard InChI is InChI=1S/C16H16ClF2N/c1-10-7-12(18)4-5-13(10)16(20-2)9-11-3-6-15(19)14(17)8-11/h3-8,16,20H,9H2,1-2H3. The molecule has 0 aromatic heterocycles. The third-order valence-corrected chi connectivity index (χ3v) is 3.67. The van der Waals surface area contributed by atoms with Crippen LogP contribution in [0, 0.1) is 18.6 Å². The molecule has 0 aliphatic rings. The van der Waals surface area contributed by atoms with Crippen molar-refractivity contribution in [2.24, 2.45) is 0 Å². The Balaban J connectivity index is 2.26. The van der Waals surface area contributed by atoms with Crippen molar-refractivity contribution in [3.8, 4) is 0 Å². The van der Waals surface area contributed by atoms with Gasteiger partial charge in [-0.1, -0.05) is 23.7 Å². The van der Waals surface area contributed by atoms with Gasteiger partial charge >= 0.3 is 0 Å². The molecule has 106 valence electrons. The molecule has 0 heterocycles. The second kappa shape index (κ2) is 6.33. The monoisotopic (exact) mass is 295 g/mol. The molecule has 1 nitrogen and oxygen atoms in total. The Hall–Kier alpha value is -1.45. The molecule has 0 saturated carbocycles. The maximum absolute atomic E-state index is 13.2. The van der Waals surface area contributed by atoms with Crippen LogP contribution in [-0.2, 0) is 6.42 Å². The molecule has 0 fully saturated rings. The summed E-state index contributed by atoms with van der Waals surface area (Å²) in [6, 6.07) is 9.46. The van der Waals surface area contributed by atoms with Gasteiger partial charge in [0, 0.05) is 6.04 Å². The third kappa shape index (κ3) is 3.35.